The molecule has 2 unspecified atom stereocenters. The van der Waals surface area contributed by atoms with Crippen LogP contribution in [-0.2, 0) is 23.2 Å². The lowest BCUT2D eigenvalue weighted by atomic mass is 10.2. The average molecular weight is 561 g/mol. The number of rotatable bonds is 17. The van der Waals surface area contributed by atoms with Gasteiger partial charge in [0.05, 0.1) is 13.2 Å². The predicted molar refractivity (Wildman–Crippen MR) is 166 cm³/mol. The maximum Gasteiger partial charge on any atom is 0.330 e. The first-order valence-electron chi connectivity index (χ1n) is 14.0. The van der Waals surface area contributed by atoms with Crippen molar-refractivity contribution in [1.82, 2.24) is 0 Å². The number of hydrogen-bond acceptors (Lipinski definition) is 5. The third-order valence-electron chi connectivity index (χ3n) is 5.94. The number of unbranched alkanes of at least 4 members (excludes halogenated alkanes) is 2. The summed E-state index contributed by atoms with van der Waals surface area (Å²) in [4.78, 5) is 21.5. The van der Waals surface area contributed by atoms with Gasteiger partial charge < -0.3 is 13.6 Å². The van der Waals surface area contributed by atoms with Crippen LogP contribution in [0.5, 0.6) is 0 Å². The Kier molecular flexibility index (Phi) is 28.2. The van der Waals surface area contributed by atoms with E-state index in [0.29, 0.717) is 13.2 Å². The molecule has 0 aromatic carbocycles. The first-order valence-corrected chi connectivity index (χ1v) is 22.6. The highest BCUT2D eigenvalue weighted by Gasteiger charge is 2.26. The summed E-state index contributed by atoms with van der Waals surface area (Å²) < 4.78 is 16.2. The lowest BCUT2D eigenvalue weighted by Crippen LogP contribution is -2.38. The smallest absolute Gasteiger partial charge is 0.330 e. The molecule has 0 aliphatic rings. The first kappa shape index (κ1) is 39.5. The Morgan fingerprint density at radius 1 is 0.833 bits per heavy atom. The second-order valence-corrected chi connectivity index (χ2v) is 21.7. The molecule has 5 nitrogen and oxygen atoms in total. The molecule has 0 N–H and O–H groups in total. The van der Waals surface area contributed by atoms with Gasteiger partial charge in [0, 0.05) is 20.9 Å². The minimum atomic E-state index is -1.53. The number of esters is 2. The second kappa shape index (κ2) is 25.7. The van der Waals surface area contributed by atoms with Gasteiger partial charge in [0.1, 0.15) is 0 Å². The average Bonchev–Trinajstić information content (AvgIpc) is 2.82. The van der Waals surface area contributed by atoms with Crippen LogP contribution in [0.1, 0.15) is 73.1 Å². The molecular weight excluding hydrogens is 501 g/mol. The van der Waals surface area contributed by atoms with Crippen LogP contribution < -0.4 is 0 Å². The van der Waals surface area contributed by atoms with Gasteiger partial charge >= 0.3 is 11.9 Å². The Hall–Kier alpha value is -0.969. The van der Waals surface area contributed by atoms with Crippen molar-refractivity contribution in [1.29, 1.82) is 0 Å². The van der Waals surface area contributed by atoms with Crippen molar-refractivity contribution in [2.24, 2.45) is 5.92 Å². The summed E-state index contributed by atoms with van der Waals surface area (Å²) in [6.07, 6.45) is 9.11. The molecule has 0 amide bonds. The van der Waals surface area contributed by atoms with Crippen LogP contribution in [0.3, 0.4) is 0 Å². The number of carbonyl (C=O) groups is 2. The van der Waals surface area contributed by atoms with Gasteiger partial charge in [-0.15, -0.1) is 0 Å². The van der Waals surface area contributed by atoms with Gasteiger partial charge in [-0.1, -0.05) is 92.6 Å². The van der Waals surface area contributed by atoms with E-state index in [-0.39, 0.29) is 11.9 Å². The van der Waals surface area contributed by atoms with E-state index < -0.39 is 26.2 Å². The first-order chi connectivity index (χ1) is 16.8. The molecule has 0 saturated heterocycles. The Morgan fingerprint density at radius 3 is 1.64 bits per heavy atom. The van der Waals surface area contributed by atoms with E-state index in [1.54, 1.807) is 0 Å². The Morgan fingerprint density at radius 2 is 1.28 bits per heavy atom. The highest BCUT2D eigenvalue weighted by atomic mass is 28.4. The molecule has 0 aliphatic carbocycles. The van der Waals surface area contributed by atoms with Crippen LogP contribution in [0.4, 0.5) is 0 Å². The summed E-state index contributed by atoms with van der Waals surface area (Å²) in [5.41, 5.74) is 0.750. The quantitative estimate of drug-likeness (QED) is 0.0783. The maximum absolute atomic E-state index is 10.9. The molecule has 214 valence electrons. The van der Waals surface area contributed by atoms with Crippen molar-refractivity contribution in [3.05, 3.63) is 25.3 Å². The summed E-state index contributed by atoms with van der Waals surface area (Å²) in [7, 11) is -2.97. The summed E-state index contributed by atoms with van der Waals surface area (Å²) in [6, 6.07) is 2.48. The van der Waals surface area contributed by atoms with Gasteiger partial charge in [-0.2, -0.15) is 0 Å². The zero-order chi connectivity index (χ0) is 28.6. The van der Waals surface area contributed by atoms with Crippen molar-refractivity contribution in [3.8, 4) is 0 Å². The highest BCUT2D eigenvalue weighted by Crippen LogP contribution is 2.22. The molecule has 0 saturated carbocycles. The molecule has 0 aromatic heterocycles. The SMILES string of the molecule is C=CC(=O)OCCCC[SiH](C)C.C=CC(=O)OCCCC[Si](C)(C)O[SiH](C)C(C)CC.CCC(C)C. The molecular formula is C28H60O5Si3. The minimum absolute atomic E-state index is 0.309. The molecule has 0 rings (SSSR count). The largest absolute Gasteiger partial charge is 0.463 e. The predicted octanol–water partition coefficient (Wildman–Crippen LogP) is 7.91. The molecule has 8 heteroatoms. The zero-order valence-electron chi connectivity index (χ0n) is 25.5. The standard InChI is InChI=1S/C14H30O3Si2.C9H18O2Si.C5H12/c1-7-13(3)18(4)17-19(5,6)12-10-9-11-16-14(15)8-2;1-4-9(10)11-7-5-6-8-12(2)3;1-4-5(2)3/h8,13,18H,2,7,9-12H2,1,3-6H3;4,12H,1,5-8H2,2-3H3;5H,4H2,1-3H3. The molecule has 0 spiro atoms. The van der Waals surface area contributed by atoms with E-state index in [1.807, 2.05) is 0 Å². The fraction of sp³-hybridized carbons (Fsp3) is 0.786. The van der Waals surface area contributed by atoms with Crippen molar-refractivity contribution in [2.45, 2.75) is 124 Å². The Bertz CT molecular complexity index is 565. The van der Waals surface area contributed by atoms with E-state index in [2.05, 4.69) is 80.5 Å². The molecule has 0 heterocycles. The van der Waals surface area contributed by atoms with Crippen molar-refractivity contribution < 1.29 is 23.2 Å². The number of hydrogen-bond donors (Lipinski definition) is 0. The Balaban J connectivity index is -0.000000543. The summed E-state index contributed by atoms with van der Waals surface area (Å²) in [5.74, 6) is 0.248. The third kappa shape index (κ3) is 31.1. The van der Waals surface area contributed by atoms with Crippen molar-refractivity contribution in [3.63, 3.8) is 0 Å². The summed E-state index contributed by atoms with van der Waals surface area (Å²) >= 11 is 0. The molecule has 0 aromatic rings. The molecule has 0 radical (unpaired) electrons. The lowest BCUT2D eigenvalue weighted by Gasteiger charge is -2.30. The van der Waals surface area contributed by atoms with Crippen LogP contribution in [0, 0.1) is 5.92 Å². The number of ether oxygens (including phenoxy) is 2. The normalized spacial score (nSPS) is 12.4. The van der Waals surface area contributed by atoms with Gasteiger partial charge in [-0.3, -0.25) is 0 Å². The molecule has 2 atom stereocenters. The van der Waals surface area contributed by atoms with E-state index in [4.69, 9.17) is 13.6 Å². The fourth-order valence-corrected chi connectivity index (χ4v) is 11.1. The molecule has 0 aliphatic heterocycles. The van der Waals surface area contributed by atoms with E-state index in [9.17, 15) is 9.59 Å². The van der Waals surface area contributed by atoms with Crippen LogP contribution in [0.25, 0.3) is 0 Å². The lowest BCUT2D eigenvalue weighted by molar-refractivity contribution is -0.138. The third-order valence-corrected chi connectivity index (χ3v) is 15.2. The topological polar surface area (TPSA) is 61.8 Å². The zero-order valence-corrected chi connectivity index (χ0v) is 28.8. The van der Waals surface area contributed by atoms with Gasteiger partial charge in [-0.25, -0.2) is 9.59 Å². The second-order valence-electron chi connectivity index (χ2n) is 10.9. The van der Waals surface area contributed by atoms with Crippen molar-refractivity contribution >= 4 is 38.1 Å². The monoisotopic (exact) mass is 560 g/mol. The summed E-state index contributed by atoms with van der Waals surface area (Å²) in [6.45, 7) is 30.5. The van der Waals surface area contributed by atoms with Crippen LogP contribution in [0.15, 0.2) is 25.3 Å². The van der Waals surface area contributed by atoms with Gasteiger partial charge in [-0.05, 0) is 50.0 Å². The van der Waals surface area contributed by atoms with Crippen LogP contribution >= 0.6 is 0 Å². The van der Waals surface area contributed by atoms with Crippen LogP contribution in [0.2, 0.25) is 50.4 Å². The summed E-state index contributed by atoms with van der Waals surface area (Å²) in [5, 5.41) is 0. The fourth-order valence-electron chi connectivity index (χ4n) is 2.78. The van der Waals surface area contributed by atoms with Gasteiger partial charge in [0.2, 0.25) is 0 Å². The number of carbonyl (C=O) groups excluding carboxylic acids is 2. The molecule has 0 bridgehead atoms. The van der Waals surface area contributed by atoms with E-state index in [0.717, 1.165) is 36.8 Å². The van der Waals surface area contributed by atoms with Gasteiger partial charge in [0.15, 0.2) is 17.4 Å². The highest BCUT2D eigenvalue weighted by molar-refractivity contribution is 6.78. The van der Waals surface area contributed by atoms with E-state index in [1.165, 1.54) is 37.5 Å². The van der Waals surface area contributed by atoms with E-state index >= 15 is 0 Å². The maximum atomic E-state index is 10.9. The van der Waals surface area contributed by atoms with Crippen molar-refractivity contribution in [2.75, 3.05) is 13.2 Å². The minimum Gasteiger partial charge on any atom is -0.463 e. The molecule has 0 fully saturated rings. The Labute approximate surface area is 228 Å². The van der Waals surface area contributed by atoms with Gasteiger partial charge in [0.25, 0.3) is 0 Å². The van der Waals surface area contributed by atoms with Crippen LogP contribution in [-0.4, -0.2) is 51.3 Å². The molecule has 36 heavy (non-hydrogen) atoms.